The van der Waals surface area contributed by atoms with Gasteiger partial charge in [-0.25, -0.2) is 4.79 Å². The third-order valence-electron chi connectivity index (χ3n) is 2.78. The molecule has 0 fully saturated rings. The Morgan fingerprint density at radius 3 is 2.55 bits per heavy atom. The number of rotatable bonds is 5. The minimum atomic E-state index is -0.456. The van der Waals surface area contributed by atoms with Crippen LogP contribution in [0.15, 0.2) is 11.4 Å². The lowest BCUT2D eigenvalue weighted by Crippen LogP contribution is -2.41. The molecule has 2 unspecified atom stereocenters. The Labute approximate surface area is 125 Å². The number of nitrogens with one attached hydrogen (secondary N) is 2. The molecule has 114 valence electrons. The lowest BCUT2D eigenvalue weighted by Gasteiger charge is -2.23. The summed E-state index contributed by atoms with van der Waals surface area (Å²) < 4.78 is 5.21. The number of alkyl carbamates (subject to hydrolysis) is 1. The fourth-order valence-corrected chi connectivity index (χ4v) is 2.88. The molecule has 0 aliphatic rings. The van der Waals surface area contributed by atoms with Gasteiger partial charge in [-0.15, -0.1) is 11.3 Å². The van der Waals surface area contributed by atoms with E-state index in [1.165, 1.54) is 10.4 Å². The molecule has 0 radical (unpaired) electrons. The molecule has 0 aliphatic heterocycles. The molecule has 4 nitrogen and oxygen atoms in total. The first-order valence-corrected chi connectivity index (χ1v) is 7.84. The minimum absolute atomic E-state index is 0.180. The summed E-state index contributed by atoms with van der Waals surface area (Å²) >= 11 is 1.76. The molecule has 1 aromatic heterocycles. The molecular formula is C15H26N2O2S. The largest absolute Gasteiger partial charge is 0.444 e. The van der Waals surface area contributed by atoms with Gasteiger partial charge in [-0.1, -0.05) is 0 Å². The van der Waals surface area contributed by atoms with E-state index in [2.05, 4.69) is 42.9 Å². The molecule has 1 rings (SSSR count). The average Bonchev–Trinajstić information content (AvgIpc) is 2.70. The molecule has 0 saturated carbocycles. The molecule has 0 aromatic carbocycles. The topological polar surface area (TPSA) is 50.4 Å². The van der Waals surface area contributed by atoms with Crippen molar-refractivity contribution >= 4 is 17.4 Å². The fourth-order valence-electron chi connectivity index (χ4n) is 1.94. The smallest absolute Gasteiger partial charge is 0.407 e. The van der Waals surface area contributed by atoms with Crippen molar-refractivity contribution in [2.75, 3.05) is 6.54 Å². The maximum absolute atomic E-state index is 11.6. The highest BCUT2D eigenvalue weighted by molar-refractivity contribution is 7.10. The zero-order valence-corrected chi connectivity index (χ0v) is 14.1. The number of carbonyl (C=O) groups excluding carboxylic acids is 1. The molecule has 20 heavy (non-hydrogen) atoms. The van der Waals surface area contributed by atoms with Crippen molar-refractivity contribution in [1.82, 2.24) is 10.6 Å². The maximum Gasteiger partial charge on any atom is 0.407 e. The summed E-state index contributed by atoms with van der Waals surface area (Å²) in [6.07, 6.45) is -0.369. The van der Waals surface area contributed by atoms with Crippen LogP contribution in [0.4, 0.5) is 4.79 Å². The Morgan fingerprint density at radius 2 is 2.05 bits per heavy atom. The highest BCUT2D eigenvalue weighted by Crippen LogP contribution is 2.23. The first kappa shape index (κ1) is 17.0. The van der Waals surface area contributed by atoms with Crippen LogP contribution < -0.4 is 10.6 Å². The number of ether oxygens (including phenoxy) is 1. The predicted molar refractivity (Wildman–Crippen MR) is 84.3 cm³/mol. The van der Waals surface area contributed by atoms with Crippen molar-refractivity contribution in [2.45, 2.75) is 59.2 Å². The monoisotopic (exact) mass is 298 g/mol. The molecule has 0 spiro atoms. The SMILES string of the molecule is Cc1ccsc1C(C)NC(C)CNC(=O)OC(C)(C)C. The van der Waals surface area contributed by atoms with Crippen LogP contribution in [-0.4, -0.2) is 24.3 Å². The van der Waals surface area contributed by atoms with Gasteiger partial charge in [0.05, 0.1) is 0 Å². The summed E-state index contributed by atoms with van der Waals surface area (Å²) in [5.41, 5.74) is 0.851. The number of aryl methyl sites for hydroxylation is 1. The number of carbonyl (C=O) groups is 1. The molecule has 0 bridgehead atoms. The Bertz CT molecular complexity index is 437. The Hall–Kier alpha value is -1.07. The van der Waals surface area contributed by atoms with Crippen LogP contribution >= 0.6 is 11.3 Å². The van der Waals surface area contributed by atoms with E-state index in [0.717, 1.165) is 0 Å². The normalized spacial score (nSPS) is 14.7. The van der Waals surface area contributed by atoms with Crippen LogP contribution in [0.3, 0.4) is 0 Å². The molecule has 0 aliphatic carbocycles. The van der Waals surface area contributed by atoms with E-state index < -0.39 is 5.60 Å². The van der Waals surface area contributed by atoms with Gasteiger partial charge in [0.25, 0.3) is 0 Å². The van der Waals surface area contributed by atoms with Crippen molar-refractivity contribution in [2.24, 2.45) is 0 Å². The van der Waals surface area contributed by atoms with Gasteiger partial charge in [-0.05, 0) is 58.6 Å². The quantitative estimate of drug-likeness (QED) is 0.873. The summed E-state index contributed by atoms with van der Waals surface area (Å²) in [4.78, 5) is 12.9. The van der Waals surface area contributed by atoms with E-state index >= 15 is 0 Å². The van der Waals surface area contributed by atoms with E-state index in [1.54, 1.807) is 11.3 Å². The van der Waals surface area contributed by atoms with E-state index in [0.29, 0.717) is 6.54 Å². The second kappa shape index (κ2) is 7.09. The molecule has 1 amide bonds. The maximum atomic E-state index is 11.6. The molecule has 1 heterocycles. The van der Waals surface area contributed by atoms with Crippen LogP contribution in [-0.2, 0) is 4.74 Å². The Balaban J connectivity index is 2.35. The summed E-state index contributed by atoms with van der Waals surface area (Å²) in [5, 5.41) is 8.37. The molecular weight excluding hydrogens is 272 g/mol. The van der Waals surface area contributed by atoms with E-state index in [9.17, 15) is 4.79 Å². The third-order valence-corrected chi connectivity index (χ3v) is 3.98. The van der Waals surface area contributed by atoms with Crippen molar-refractivity contribution in [3.8, 4) is 0 Å². The highest BCUT2D eigenvalue weighted by atomic mass is 32.1. The van der Waals surface area contributed by atoms with Crippen LogP contribution in [0.2, 0.25) is 0 Å². The first-order valence-electron chi connectivity index (χ1n) is 6.96. The van der Waals surface area contributed by atoms with E-state index in [-0.39, 0.29) is 18.2 Å². The zero-order chi connectivity index (χ0) is 15.3. The van der Waals surface area contributed by atoms with Gasteiger partial charge in [0.15, 0.2) is 0 Å². The fraction of sp³-hybridized carbons (Fsp3) is 0.667. The van der Waals surface area contributed by atoms with Crippen LogP contribution in [0.5, 0.6) is 0 Å². The van der Waals surface area contributed by atoms with Crippen LogP contribution in [0, 0.1) is 6.92 Å². The highest BCUT2D eigenvalue weighted by Gasteiger charge is 2.17. The summed E-state index contributed by atoms with van der Waals surface area (Å²) in [7, 11) is 0. The lowest BCUT2D eigenvalue weighted by molar-refractivity contribution is 0.0522. The van der Waals surface area contributed by atoms with Gasteiger partial charge in [-0.3, -0.25) is 0 Å². The Kier molecular flexibility index (Phi) is 6.02. The van der Waals surface area contributed by atoms with Gasteiger partial charge in [0.1, 0.15) is 5.60 Å². The average molecular weight is 298 g/mol. The number of thiophene rings is 1. The first-order chi connectivity index (χ1) is 9.19. The molecule has 5 heteroatoms. The molecule has 2 atom stereocenters. The van der Waals surface area contributed by atoms with Gasteiger partial charge >= 0.3 is 6.09 Å². The van der Waals surface area contributed by atoms with Gasteiger partial charge in [0.2, 0.25) is 0 Å². The van der Waals surface area contributed by atoms with Gasteiger partial charge in [0, 0.05) is 23.5 Å². The second-order valence-electron chi connectivity index (χ2n) is 6.14. The number of hydrogen-bond acceptors (Lipinski definition) is 4. The number of hydrogen-bond donors (Lipinski definition) is 2. The zero-order valence-electron chi connectivity index (χ0n) is 13.2. The summed E-state index contributed by atoms with van der Waals surface area (Å²) in [5.74, 6) is 0. The van der Waals surface area contributed by atoms with Gasteiger partial charge in [-0.2, -0.15) is 0 Å². The molecule has 2 N–H and O–H groups in total. The van der Waals surface area contributed by atoms with Crippen molar-refractivity contribution in [3.63, 3.8) is 0 Å². The van der Waals surface area contributed by atoms with Gasteiger partial charge < -0.3 is 15.4 Å². The Morgan fingerprint density at radius 1 is 1.40 bits per heavy atom. The second-order valence-corrected chi connectivity index (χ2v) is 7.09. The van der Waals surface area contributed by atoms with E-state index in [4.69, 9.17) is 4.74 Å². The lowest BCUT2D eigenvalue weighted by atomic mass is 10.1. The standard InChI is InChI=1S/C15H26N2O2S/c1-10-7-8-20-13(10)12(3)17-11(2)9-16-14(18)19-15(4,5)6/h7-8,11-12,17H,9H2,1-6H3,(H,16,18). The predicted octanol–water partition coefficient (Wildman–Crippen LogP) is 3.62. The van der Waals surface area contributed by atoms with Crippen LogP contribution in [0.25, 0.3) is 0 Å². The van der Waals surface area contributed by atoms with Crippen molar-refractivity contribution in [3.05, 3.63) is 21.9 Å². The van der Waals surface area contributed by atoms with E-state index in [1.807, 2.05) is 20.8 Å². The third kappa shape index (κ3) is 5.92. The minimum Gasteiger partial charge on any atom is -0.444 e. The molecule has 1 aromatic rings. The molecule has 0 saturated heterocycles. The number of amides is 1. The summed E-state index contributed by atoms with van der Waals surface area (Å²) in [6.45, 7) is 12.4. The van der Waals surface area contributed by atoms with Crippen LogP contribution in [0.1, 0.15) is 51.1 Å². The summed E-state index contributed by atoms with van der Waals surface area (Å²) in [6, 6.07) is 2.59. The van der Waals surface area contributed by atoms with Crippen molar-refractivity contribution < 1.29 is 9.53 Å². The van der Waals surface area contributed by atoms with Crippen molar-refractivity contribution in [1.29, 1.82) is 0 Å².